The van der Waals surface area contributed by atoms with Crippen molar-refractivity contribution >= 4 is 27.5 Å². The van der Waals surface area contributed by atoms with Gasteiger partial charge in [-0.1, -0.05) is 50.5 Å². The lowest BCUT2D eigenvalue weighted by Crippen LogP contribution is -2.18. The molecule has 1 amide bonds. The summed E-state index contributed by atoms with van der Waals surface area (Å²) in [5.41, 5.74) is 2.27. The first kappa shape index (κ1) is 14.6. The van der Waals surface area contributed by atoms with Crippen LogP contribution in [0.2, 0.25) is 0 Å². The molecule has 0 spiro atoms. The first-order valence-electron chi connectivity index (χ1n) is 6.81. The van der Waals surface area contributed by atoms with E-state index in [1.54, 1.807) is 0 Å². The van der Waals surface area contributed by atoms with Crippen molar-refractivity contribution in [1.82, 2.24) is 0 Å². The molecule has 1 fully saturated rings. The van der Waals surface area contributed by atoms with Gasteiger partial charge in [0.25, 0.3) is 0 Å². The molecule has 1 aliphatic carbocycles. The molecular formula is C16H22BrNO. The third-order valence-corrected chi connectivity index (χ3v) is 5.48. The Kier molecular flexibility index (Phi) is 3.54. The van der Waals surface area contributed by atoms with E-state index in [-0.39, 0.29) is 22.7 Å². The summed E-state index contributed by atoms with van der Waals surface area (Å²) in [7, 11) is 0. The van der Waals surface area contributed by atoms with E-state index in [1.165, 1.54) is 5.56 Å². The summed E-state index contributed by atoms with van der Waals surface area (Å²) in [5.74, 6) is 0.236. The summed E-state index contributed by atoms with van der Waals surface area (Å²) >= 11 is 3.47. The van der Waals surface area contributed by atoms with Crippen LogP contribution in [0.3, 0.4) is 0 Å². The lowest BCUT2D eigenvalue weighted by atomic mass is 10.0. The average molecular weight is 324 g/mol. The third kappa shape index (κ3) is 2.33. The summed E-state index contributed by atoms with van der Waals surface area (Å²) in [4.78, 5) is 12.4. The standard InChI is InChI=1S/C16H22BrNO/c1-6-10-9-11(17)7-8-12(10)18-14(19)13-15(2,3)16(13,4)5/h7-9,13H,6H2,1-5H3,(H,18,19). The van der Waals surface area contributed by atoms with E-state index in [4.69, 9.17) is 0 Å². The zero-order valence-corrected chi connectivity index (χ0v) is 13.9. The number of carbonyl (C=O) groups excluding carboxylic acids is 1. The van der Waals surface area contributed by atoms with E-state index < -0.39 is 0 Å². The highest BCUT2D eigenvalue weighted by Gasteiger charge is 2.68. The number of anilines is 1. The van der Waals surface area contributed by atoms with Gasteiger partial charge in [0.1, 0.15) is 0 Å². The van der Waals surface area contributed by atoms with E-state index in [0.29, 0.717) is 0 Å². The normalized spacial score (nSPS) is 20.1. The van der Waals surface area contributed by atoms with Crippen molar-refractivity contribution in [3.63, 3.8) is 0 Å². The number of aryl methyl sites for hydroxylation is 1. The second-order valence-electron chi connectivity index (χ2n) is 6.52. The summed E-state index contributed by atoms with van der Waals surface area (Å²) in [6.07, 6.45) is 0.909. The molecule has 1 N–H and O–H groups in total. The van der Waals surface area contributed by atoms with Gasteiger partial charge in [-0.05, 0) is 41.0 Å². The predicted molar refractivity (Wildman–Crippen MR) is 83.2 cm³/mol. The third-order valence-electron chi connectivity index (χ3n) is 4.99. The van der Waals surface area contributed by atoms with Crippen molar-refractivity contribution in [2.45, 2.75) is 41.0 Å². The van der Waals surface area contributed by atoms with Crippen molar-refractivity contribution in [2.75, 3.05) is 5.32 Å². The Morgan fingerprint density at radius 2 is 1.84 bits per heavy atom. The molecule has 1 aliphatic rings. The molecular weight excluding hydrogens is 302 g/mol. The minimum atomic E-state index is 0.0822. The molecule has 0 saturated heterocycles. The Hall–Kier alpha value is -0.830. The van der Waals surface area contributed by atoms with Gasteiger partial charge in [-0.15, -0.1) is 0 Å². The number of nitrogens with one attached hydrogen (secondary N) is 1. The van der Waals surface area contributed by atoms with Crippen LogP contribution in [-0.4, -0.2) is 5.91 Å². The van der Waals surface area contributed by atoms with Crippen LogP contribution in [0.5, 0.6) is 0 Å². The molecule has 3 heteroatoms. The molecule has 2 nitrogen and oxygen atoms in total. The molecule has 0 radical (unpaired) electrons. The zero-order chi connectivity index (χ0) is 14.4. The predicted octanol–water partition coefficient (Wildman–Crippen LogP) is 4.63. The Morgan fingerprint density at radius 1 is 1.26 bits per heavy atom. The lowest BCUT2D eigenvalue weighted by Gasteiger charge is -2.11. The van der Waals surface area contributed by atoms with Gasteiger partial charge in [0.2, 0.25) is 5.91 Å². The van der Waals surface area contributed by atoms with E-state index in [1.807, 2.05) is 12.1 Å². The van der Waals surface area contributed by atoms with Gasteiger partial charge >= 0.3 is 0 Å². The van der Waals surface area contributed by atoms with Crippen LogP contribution in [0.1, 0.15) is 40.2 Å². The Bertz CT molecular complexity index is 505. The fourth-order valence-electron chi connectivity index (χ4n) is 3.03. The van der Waals surface area contributed by atoms with Gasteiger partial charge in [0.05, 0.1) is 0 Å². The molecule has 1 aromatic rings. The van der Waals surface area contributed by atoms with Gasteiger partial charge < -0.3 is 5.32 Å². The lowest BCUT2D eigenvalue weighted by molar-refractivity contribution is -0.118. The average Bonchev–Trinajstić information content (AvgIpc) is 2.72. The minimum Gasteiger partial charge on any atom is -0.326 e. The van der Waals surface area contributed by atoms with Crippen LogP contribution in [-0.2, 0) is 11.2 Å². The molecule has 0 atom stereocenters. The highest BCUT2D eigenvalue weighted by Crippen LogP contribution is 2.68. The van der Waals surface area contributed by atoms with E-state index >= 15 is 0 Å². The maximum atomic E-state index is 12.4. The Balaban J connectivity index is 2.17. The number of halogens is 1. The molecule has 2 rings (SSSR count). The molecule has 0 heterocycles. The zero-order valence-electron chi connectivity index (χ0n) is 12.3. The smallest absolute Gasteiger partial charge is 0.228 e. The number of amides is 1. The SMILES string of the molecule is CCc1cc(Br)ccc1NC(=O)C1C(C)(C)C1(C)C. The van der Waals surface area contributed by atoms with E-state index in [2.05, 4.69) is 61.9 Å². The second kappa shape index (κ2) is 4.62. The first-order chi connectivity index (χ1) is 8.71. The van der Waals surface area contributed by atoms with Gasteiger partial charge in [-0.2, -0.15) is 0 Å². The number of hydrogen-bond acceptors (Lipinski definition) is 1. The molecule has 0 unspecified atom stereocenters. The first-order valence-corrected chi connectivity index (χ1v) is 7.60. The quantitative estimate of drug-likeness (QED) is 0.863. The van der Waals surface area contributed by atoms with Crippen molar-refractivity contribution in [1.29, 1.82) is 0 Å². The van der Waals surface area contributed by atoms with Gasteiger partial charge in [0.15, 0.2) is 0 Å². The molecule has 19 heavy (non-hydrogen) atoms. The number of carbonyl (C=O) groups is 1. The molecule has 104 valence electrons. The van der Waals surface area contributed by atoms with Crippen LogP contribution >= 0.6 is 15.9 Å². The molecule has 0 aliphatic heterocycles. The van der Waals surface area contributed by atoms with E-state index in [9.17, 15) is 4.79 Å². The van der Waals surface area contributed by atoms with Crippen LogP contribution in [0, 0.1) is 16.7 Å². The highest BCUT2D eigenvalue weighted by atomic mass is 79.9. The Morgan fingerprint density at radius 3 is 2.32 bits per heavy atom. The maximum absolute atomic E-state index is 12.4. The van der Waals surface area contributed by atoms with Crippen molar-refractivity contribution < 1.29 is 4.79 Å². The highest BCUT2D eigenvalue weighted by molar-refractivity contribution is 9.10. The molecule has 0 bridgehead atoms. The Labute approximate surface area is 124 Å². The van der Waals surface area contributed by atoms with Crippen LogP contribution < -0.4 is 5.32 Å². The van der Waals surface area contributed by atoms with Crippen LogP contribution in [0.4, 0.5) is 5.69 Å². The molecule has 1 aromatic carbocycles. The largest absolute Gasteiger partial charge is 0.326 e. The number of benzene rings is 1. The fraction of sp³-hybridized carbons (Fsp3) is 0.562. The topological polar surface area (TPSA) is 29.1 Å². The maximum Gasteiger partial charge on any atom is 0.228 e. The van der Waals surface area contributed by atoms with Gasteiger partial charge in [-0.3, -0.25) is 4.79 Å². The second-order valence-corrected chi connectivity index (χ2v) is 7.44. The van der Waals surface area contributed by atoms with Crippen LogP contribution in [0.25, 0.3) is 0 Å². The van der Waals surface area contributed by atoms with Crippen molar-refractivity contribution in [2.24, 2.45) is 16.7 Å². The fourth-order valence-corrected chi connectivity index (χ4v) is 3.44. The van der Waals surface area contributed by atoms with E-state index in [0.717, 1.165) is 16.6 Å². The minimum absolute atomic E-state index is 0.0822. The van der Waals surface area contributed by atoms with Crippen molar-refractivity contribution in [3.8, 4) is 0 Å². The number of rotatable bonds is 3. The summed E-state index contributed by atoms with van der Waals surface area (Å²) in [6, 6.07) is 6.01. The van der Waals surface area contributed by atoms with Crippen molar-refractivity contribution in [3.05, 3.63) is 28.2 Å². The van der Waals surface area contributed by atoms with Crippen LogP contribution in [0.15, 0.2) is 22.7 Å². The summed E-state index contributed by atoms with van der Waals surface area (Å²) < 4.78 is 1.05. The van der Waals surface area contributed by atoms with Gasteiger partial charge in [-0.25, -0.2) is 0 Å². The molecule has 1 saturated carbocycles. The molecule has 0 aromatic heterocycles. The summed E-state index contributed by atoms with van der Waals surface area (Å²) in [5, 5.41) is 3.10. The number of hydrogen-bond donors (Lipinski definition) is 1. The summed E-state index contributed by atoms with van der Waals surface area (Å²) in [6.45, 7) is 10.8. The monoisotopic (exact) mass is 323 g/mol. The van der Waals surface area contributed by atoms with Gasteiger partial charge in [0, 0.05) is 16.1 Å².